The summed E-state index contributed by atoms with van der Waals surface area (Å²) >= 11 is 7.23. The van der Waals surface area contributed by atoms with Gasteiger partial charge in [-0.15, -0.1) is 11.3 Å². The Labute approximate surface area is 87.2 Å². The molecule has 0 aliphatic rings. The summed E-state index contributed by atoms with van der Waals surface area (Å²) < 4.78 is 5.07. The summed E-state index contributed by atoms with van der Waals surface area (Å²) in [6.07, 6.45) is 0. The van der Waals surface area contributed by atoms with E-state index in [0.717, 1.165) is 11.6 Å². The van der Waals surface area contributed by atoms with Crippen molar-refractivity contribution in [3.63, 3.8) is 0 Å². The van der Waals surface area contributed by atoms with Crippen molar-refractivity contribution in [3.05, 3.63) is 28.6 Å². The lowest BCUT2D eigenvalue weighted by atomic mass is 10.4. The first-order valence-corrected chi connectivity index (χ1v) is 5.08. The molecule has 0 atom stereocenters. The molecule has 4 heteroatoms. The molecule has 0 radical (unpaired) electrons. The third-order valence-corrected chi connectivity index (χ3v) is 2.63. The van der Waals surface area contributed by atoms with E-state index in [1.54, 1.807) is 18.4 Å². The number of rotatable bonds is 5. The molecule has 0 aromatic carbocycles. The van der Waals surface area contributed by atoms with Gasteiger partial charge in [0.05, 0.1) is 7.11 Å². The third kappa shape index (κ3) is 3.81. The fraction of sp³-hybridized carbons (Fsp3) is 0.333. The van der Waals surface area contributed by atoms with Gasteiger partial charge in [-0.2, -0.15) is 0 Å². The lowest BCUT2D eigenvalue weighted by molar-refractivity contribution is 0.427. The van der Waals surface area contributed by atoms with Gasteiger partial charge in [-0.1, -0.05) is 18.2 Å². The summed E-state index contributed by atoms with van der Waals surface area (Å²) in [5.41, 5.74) is 0. The van der Waals surface area contributed by atoms with Crippen LogP contribution in [0.2, 0.25) is 0 Å². The number of ether oxygens (including phenoxy) is 1. The van der Waals surface area contributed by atoms with E-state index in [4.69, 9.17) is 16.3 Å². The van der Waals surface area contributed by atoms with Crippen LogP contribution in [-0.2, 0) is 6.54 Å². The number of thiophene rings is 1. The monoisotopic (exact) mass is 217 g/mol. The zero-order chi connectivity index (χ0) is 9.68. The lowest BCUT2D eigenvalue weighted by Crippen LogP contribution is -2.13. The smallest absolute Gasteiger partial charge is 0.173 e. The van der Waals surface area contributed by atoms with Crippen LogP contribution in [0, 0.1) is 0 Å². The van der Waals surface area contributed by atoms with E-state index in [2.05, 4.69) is 11.9 Å². The first kappa shape index (κ1) is 10.6. The van der Waals surface area contributed by atoms with Crippen LogP contribution in [0.5, 0.6) is 5.06 Å². The summed E-state index contributed by atoms with van der Waals surface area (Å²) in [5.74, 6) is 0. The highest BCUT2D eigenvalue weighted by Gasteiger charge is 1.98. The van der Waals surface area contributed by atoms with Gasteiger partial charge in [0.1, 0.15) is 0 Å². The normalized spacial score (nSPS) is 10.0. The van der Waals surface area contributed by atoms with Gasteiger partial charge in [0, 0.05) is 23.0 Å². The Morgan fingerprint density at radius 1 is 1.69 bits per heavy atom. The van der Waals surface area contributed by atoms with Crippen LogP contribution >= 0.6 is 22.9 Å². The summed E-state index contributed by atoms with van der Waals surface area (Å²) in [6.45, 7) is 5.04. The molecule has 0 unspecified atom stereocenters. The Morgan fingerprint density at radius 3 is 3.00 bits per heavy atom. The molecule has 2 nitrogen and oxygen atoms in total. The van der Waals surface area contributed by atoms with E-state index in [0.29, 0.717) is 11.6 Å². The molecule has 0 saturated heterocycles. The van der Waals surface area contributed by atoms with Gasteiger partial charge >= 0.3 is 0 Å². The van der Waals surface area contributed by atoms with Gasteiger partial charge in [0.25, 0.3) is 0 Å². The molecule has 0 aliphatic carbocycles. The lowest BCUT2D eigenvalue weighted by Gasteiger charge is -1.99. The molecule has 13 heavy (non-hydrogen) atoms. The molecular formula is C9H12ClNOS. The maximum absolute atomic E-state index is 5.60. The minimum absolute atomic E-state index is 0.628. The molecule has 72 valence electrons. The summed E-state index contributed by atoms with van der Waals surface area (Å²) in [6, 6.07) is 3.99. The highest BCUT2D eigenvalue weighted by Crippen LogP contribution is 2.23. The van der Waals surface area contributed by atoms with E-state index in [9.17, 15) is 0 Å². The fourth-order valence-corrected chi connectivity index (χ4v) is 1.77. The maximum Gasteiger partial charge on any atom is 0.173 e. The van der Waals surface area contributed by atoms with E-state index < -0.39 is 0 Å². The molecule has 1 rings (SSSR count). The fourth-order valence-electron chi connectivity index (χ4n) is 0.884. The first-order valence-electron chi connectivity index (χ1n) is 3.89. The van der Waals surface area contributed by atoms with Crippen molar-refractivity contribution in [1.29, 1.82) is 0 Å². The van der Waals surface area contributed by atoms with Crippen molar-refractivity contribution in [2.45, 2.75) is 6.54 Å². The van der Waals surface area contributed by atoms with E-state index in [1.165, 1.54) is 4.88 Å². The summed E-state index contributed by atoms with van der Waals surface area (Å²) in [5, 5.41) is 4.72. The largest absolute Gasteiger partial charge is 0.487 e. The second-order valence-electron chi connectivity index (χ2n) is 2.55. The van der Waals surface area contributed by atoms with Gasteiger partial charge in [-0.3, -0.25) is 0 Å². The SMILES string of the molecule is C=C(Cl)CNCc1ccc(OC)s1. The van der Waals surface area contributed by atoms with Crippen LogP contribution in [0.25, 0.3) is 0 Å². The average Bonchev–Trinajstić information content (AvgIpc) is 2.52. The van der Waals surface area contributed by atoms with Crippen LogP contribution < -0.4 is 10.1 Å². The van der Waals surface area contributed by atoms with Crippen LogP contribution in [0.4, 0.5) is 0 Å². The van der Waals surface area contributed by atoms with Crippen LogP contribution in [0.1, 0.15) is 4.88 Å². The highest BCUT2D eigenvalue weighted by molar-refractivity contribution is 7.13. The van der Waals surface area contributed by atoms with Crippen molar-refractivity contribution < 1.29 is 4.74 Å². The molecule has 1 aromatic heterocycles. The standard InChI is InChI=1S/C9H12ClNOS/c1-7(10)5-11-6-8-3-4-9(12-2)13-8/h3-4,11H,1,5-6H2,2H3. The topological polar surface area (TPSA) is 21.3 Å². The van der Waals surface area contributed by atoms with Crippen molar-refractivity contribution in [2.75, 3.05) is 13.7 Å². The molecule has 1 N–H and O–H groups in total. The molecule has 0 spiro atoms. The molecule has 1 aromatic rings. The zero-order valence-electron chi connectivity index (χ0n) is 7.47. The van der Waals surface area contributed by atoms with E-state index in [-0.39, 0.29) is 0 Å². The molecule has 0 bridgehead atoms. The molecule has 1 heterocycles. The van der Waals surface area contributed by atoms with Gasteiger partial charge in [0.15, 0.2) is 5.06 Å². The Hall–Kier alpha value is -0.510. The molecule has 0 amide bonds. The molecule has 0 fully saturated rings. The minimum Gasteiger partial charge on any atom is -0.487 e. The average molecular weight is 218 g/mol. The van der Waals surface area contributed by atoms with Gasteiger partial charge in [-0.25, -0.2) is 0 Å². The second-order valence-corrected chi connectivity index (χ2v) is 4.21. The molecule has 0 saturated carbocycles. The number of halogens is 1. The van der Waals surface area contributed by atoms with Gasteiger partial charge in [-0.05, 0) is 12.1 Å². The highest BCUT2D eigenvalue weighted by atomic mass is 35.5. The quantitative estimate of drug-likeness (QED) is 0.819. The zero-order valence-corrected chi connectivity index (χ0v) is 9.04. The Morgan fingerprint density at radius 2 is 2.46 bits per heavy atom. The van der Waals surface area contributed by atoms with Crippen molar-refractivity contribution in [3.8, 4) is 5.06 Å². The number of hydrogen-bond acceptors (Lipinski definition) is 3. The molecule has 0 aliphatic heterocycles. The Balaban J connectivity index is 2.32. The van der Waals surface area contributed by atoms with Crippen LogP contribution in [-0.4, -0.2) is 13.7 Å². The van der Waals surface area contributed by atoms with Crippen LogP contribution in [0.3, 0.4) is 0 Å². The van der Waals surface area contributed by atoms with Crippen molar-refractivity contribution in [2.24, 2.45) is 0 Å². The maximum atomic E-state index is 5.60. The van der Waals surface area contributed by atoms with Crippen LogP contribution in [0.15, 0.2) is 23.7 Å². The summed E-state index contributed by atoms with van der Waals surface area (Å²) in [4.78, 5) is 1.23. The predicted octanol–water partition coefficient (Wildman–Crippen LogP) is 2.60. The number of methoxy groups -OCH3 is 1. The summed E-state index contributed by atoms with van der Waals surface area (Å²) in [7, 11) is 1.67. The van der Waals surface area contributed by atoms with E-state index >= 15 is 0 Å². The Kier molecular flexibility index (Phi) is 4.28. The van der Waals surface area contributed by atoms with Crippen molar-refractivity contribution >= 4 is 22.9 Å². The predicted molar refractivity (Wildman–Crippen MR) is 57.6 cm³/mol. The van der Waals surface area contributed by atoms with E-state index in [1.807, 2.05) is 12.1 Å². The number of nitrogens with one attached hydrogen (secondary N) is 1. The second kappa shape index (κ2) is 5.27. The molecular weight excluding hydrogens is 206 g/mol. The number of hydrogen-bond donors (Lipinski definition) is 1. The van der Waals surface area contributed by atoms with Gasteiger partial charge < -0.3 is 10.1 Å². The minimum atomic E-state index is 0.628. The Bertz CT molecular complexity index is 285. The first-order chi connectivity index (χ1) is 6.22. The van der Waals surface area contributed by atoms with Crippen molar-refractivity contribution in [1.82, 2.24) is 5.32 Å². The van der Waals surface area contributed by atoms with Gasteiger partial charge in [0.2, 0.25) is 0 Å². The third-order valence-electron chi connectivity index (χ3n) is 1.45.